The molecular weight excluding hydrogens is 4160 g/mol. The van der Waals surface area contributed by atoms with Crippen molar-refractivity contribution in [1.29, 1.82) is 0 Å². The minimum atomic E-state index is 0. The fraction of sp³-hybridized carbons (Fsp3) is 0.609. The second-order valence-corrected chi connectivity index (χ2v) is 16.6. The van der Waals surface area contributed by atoms with Crippen molar-refractivity contribution in [1.82, 2.24) is 5.32 Å². The summed E-state index contributed by atoms with van der Waals surface area (Å²) in [7, 11) is 0. The summed E-state index contributed by atoms with van der Waals surface area (Å²) in [6.45, 7) is 19.6. The summed E-state index contributed by atoms with van der Waals surface area (Å²) in [5.41, 5.74) is 3.10. The largest absolute Gasteiger partial charge is 0 e. The summed E-state index contributed by atoms with van der Waals surface area (Å²) in [4.78, 5) is 4.52. The Morgan fingerprint density at radius 2 is 0.957 bits per heavy atom. The molecule has 0 saturated carbocycles. The van der Waals surface area contributed by atoms with Gasteiger partial charge in [-0.3, -0.25) is 0 Å². The van der Waals surface area contributed by atoms with E-state index in [2.05, 4.69) is 87.5 Å². The van der Waals surface area contributed by atoms with E-state index in [-0.39, 0.29) is 316 Å². The molecule has 2 aliphatic heterocycles. The van der Waals surface area contributed by atoms with Gasteiger partial charge in [-0.15, -0.1) is 0 Å². The Bertz CT molecular complexity index is 713. The molecule has 0 amide bonds. The van der Waals surface area contributed by atoms with Crippen molar-refractivity contribution >= 4 is 30.4 Å². The summed E-state index contributed by atoms with van der Waals surface area (Å²) >= 11 is 9.14. The van der Waals surface area contributed by atoms with Gasteiger partial charge >= 0.3 is 260 Å². The van der Waals surface area contributed by atoms with E-state index < -0.39 is 0 Å². The summed E-state index contributed by atoms with van der Waals surface area (Å²) in [5, 5.41) is 3.40. The number of nitrogens with one attached hydrogen (secondary N) is 1. The third-order valence-electron chi connectivity index (χ3n) is 3.42. The molecule has 46 heavy (non-hydrogen) atoms. The zero-order valence-corrected chi connectivity index (χ0v) is 87.6. The molecule has 0 saturated heterocycles. The molecule has 1 N–H and O–H groups in total. The molecule has 23 heteroatoms. The standard InChI is InChI=1S/2C7H9N.C5H9.C4H7.21W/c2*1-6(2)7-4-3-5-8-7;1-5(2,3)4;1-4(2)3;;;;;;;;;;;;;;;;;;;;;/h6H,4H2,1-2H3;4,6,8H,1-2H3;1-3H3;4H,1-2H3;;;;;;;;;;;;;;;;;;;;;/q;;2*-1;;;;;;;;;;;;;;;;;;;;;. The average Bonchev–Trinajstić information content (AvgIpc) is 3.18. The van der Waals surface area contributed by atoms with Crippen LogP contribution in [0.4, 0.5) is 0 Å². The molecule has 0 atom stereocenters. The number of allylic oxidation sites excluding steroid dienone is 1. The van der Waals surface area contributed by atoms with Gasteiger partial charge in [0.25, 0.3) is 0 Å². The zero-order valence-electron chi connectivity index (χ0n) is 26.0. The van der Waals surface area contributed by atoms with Crippen molar-refractivity contribution in [3.05, 3.63) is 11.8 Å². The average molecular weight is 4200 g/mol. The monoisotopic (exact) mass is 4200 g/mol. The van der Waals surface area contributed by atoms with E-state index in [0.29, 0.717) is 23.2 Å². The topological polar surface area (TPSA) is 24.4 Å². The maximum atomic E-state index is 4.52. The van der Waals surface area contributed by atoms with E-state index in [9.17, 15) is 0 Å². The Morgan fingerprint density at radius 1 is 0.652 bits per heavy atom. The second kappa shape index (κ2) is 69.6. The normalized spacial score (nSPS) is 10.3. The van der Waals surface area contributed by atoms with E-state index in [1.54, 1.807) is 62.0 Å². The number of aliphatic imine (C=N–C) groups is 1. The van der Waals surface area contributed by atoms with E-state index in [1.807, 2.05) is 0 Å². The van der Waals surface area contributed by atoms with Crippen LogP contribution in [0.25, 0.3) is 0 Å². The molecule has 0 aliphatic carbocycles. The zero-order chi connectivity index (χ0) is 24.9. The van der Waals surface area contributed by atoms with E-state index in [0.717, 1.165) is 6.42 Å². The number of hydrogen-bond acceptors (Lipinski definition) is 2. The van der Waals surface area contributed by atoms with Gasteiger partial charge in [0.2, 0.25) is 0 Å². The minimum absolute atomic E-state index is 0. The molecule has 2 nitrogen and oxygen atoms in total. The molecule has 0 bridgehead atoms. The van der Waals surface area contributed by atoms with Crippen molar-refractivity contribution in [3.8, 4) is 0 Å². The van der Waals surface area contributed by atoms with Gasteiger partial charge in [0.1, 0.15) is 0 Å². The first-order valence-electron chi connectivity index (χ1n) is 10.0. The van der Waals surface area contributed by atoms with Crippen LogP contribution in [0.15, 0.2) is 16.8 Å². The van der Waals surface area contributed by atoms with Crippen LogP contribution in [0.3, 0.4) is 0 Å². The molecule has 0 unspecified atom stereocenters. The van der Waals surface area contributed by atoms with Crippen molar-refractivity contribution < 1.29 is 432 Å². The van der Waals surface area contributed by atoms with Crippen molar-refractivity contribution in [3.63, 3.8) is 0 Å². The Kier molecular flexibility index (Phi) is 170. The molecule has 0 spiro atoms. The third-order valence-corrected chi connectivity index (χ3v) is 16.1. The second-order valence-electron chi connectivity index (χ2n) is 8.86. The van der Waals surface area contributed by atoms with Crippen LogP contribution in [-0.4, -0.2) is 30.4 Å². The summed E-state index contributed by atoms with van der Waals surface area (Å²) < 4.78 is 12.1. The van der Waals surface area contributed by atoms with Crippen molar-refractivity contribution in [2.24, 2.45) is 28.2 Å². The molecule has 0 aromatic heterocycles. The Morgan fingerprint density at radius 3 is 1.04 bits per heavy atom. The molecule has 0 fully saturated rings. The van der Waals surface area contributed by atoms with Crippen molar-refractivity contribution in [2.45, 2.75) is 68.7 Å². The van der Waals surface area contributed by atoms with Gasteiger partial charge in [0.15, 0.2) is 0 Å². The SMILES string of the molecule is CC(C)(C)[C-]=[W].CC(C)C1=C[C](=[W])[C](=[W])N1.CC(C)C1=N[C](=[W])[C](=[W])C1.CC(C)[C-]=[W].[W].[W].[W].[W].[W].[W].[W].[W].[W].[W].[W].[W].[W].[W].[W]. The third kappa shape index (κ3) is 71.4. The van der Waals surface area contributed by atoms with Crippen LogP contribution in [0, 0.1) is 23.2 Å². The van der Waals surface area contributed by atoms with Crippen LogP contribution in [0.1, 0.15) is 68.7 Å². The minimum Gasteiger partial charge on any atom is 0 e. The molecule has 264 valence electrons. The molecule has 0 aromatic carbocycles. The number of nitrogens with zero attached hydrogens (tertiary/aromatic N) is 1. The Balaban J connectivity index is -0.0000000150. The van der Waals surface area contributed by atoms with Crippen LogP contribution in [-0.2, 0) is 432 Å². The van der Waals surface area contributed by atoms with E-state index in [1.165, 1.54) is 81.4 Å². The first-order chi connectivity index (χ1) is 14.0. The predicted molar refractivity (Wildman–Crippen MR) is 117 cm³/mol. The fourth-order valence-corrected chi connectivity index (χ4v) is 4.20. The van der Waals surface area contributed by atoms with Gasteiger partial charge in [0.05, 0.1) is 0 Å². The summed E-state index contributed by atoms with van der Waals surface area (Å²) in [5.74, 6) is 1.96. The van der Waals surface area contributed by atoms with Crippen LogP contribution in [0.2, 0.25) is 0 Å². The molecule has 2 rings (SSSR count). The van der Waals surface area contributed by atoms with Crippen LogP contribution >= 0.6 is 0 Å². The molecule has 0 radical (unpaired) electrons. The summed E-state index contributed by atoms with van der Waals surface area (Å²) in [6, 6.07) is 0. The molecular formula is C23H34N2W21-2. The van der Waals surface area contributed by atoms with Gasteiger partial charge in [-0.1, -0.05) is 0 Å². The fourth-order valence-electron chi connectivity index (χ4n) is 1.55. The predicted octanol–water partition coefficient (Wildman–Crippen LogP) is 3.50. The van der Waals surface area contributed by atoms with Gasteiger partial charge in [0, 0.05) is 316 Å². The first kappa shape index (κ1) is 112. The van der Waals surface area contributed by atoms with E-state index >= 15 is 0 Å². The Labute approximate surface area is 562 Å². The van der Waals surface area contributed by atoms with Gasteiger partial charge in [-0.25, -0.2) is 0 Å². The maximum Gasteiger partial charge on any atom is 0 e. The molecule has 0 aromatic rings. The van der Waals surface area contributed by atoms with Gasteiger partial charge in [-0.05, 0) is 0 Å². The van der Waals surface area contributed by atoms with Gasteiger partial charge in [-0.2, -0.15) is 0 Å². The Hall–Kier alpha value is 12.9. The van der Waals surface area contributed by atoms with E-state index in [4.69, 9.17) is 0 Å². The van der Waals surface area contributed by atoms with Crippen LogP contribution < -0.4 is 5.32 Å². The molecule has 2 aliphatic rings. The quantitative estimate of drug-likeness (QED) is 0.431. The summed E-state index contributed by atoms with van der Waals surface area (Å²) in [6.07, 6.45) is 3.44. The number of rotatable bonds is 3. The molecule has 2 heterocycles. The maximum absolute atomic E-state index is 4.52. The van der Waals surface area contributed by atoms with Crippen LogP contribution in [0.5, 0.6) is 0 Å². The number of hydrogen-bond donors (Lipinski definition) is 1. The van der Waals surface area contributed by atoms with Crippen molar-refractivity contribution in [2.75, 3.05) is 0 Å². The van der Waals surface area contributed by atoms with Gasteiger partial charge < -0.3 is 0 Å². The first-order valence-corrected chi connectivity index (χ1v) is 18.8. The smallest absolute Gasteiger partial charge is 0 e.